The largest absolute Gasteiger partial charge is 0.398 e. The van der Waals surface area contributed by atoms with E-state index in [0.29, 0.717) is 27.5 Å². The van der Waals surface area contributed by atoms with Crippen molar-refractivity contribution in [1.29, 1.82) is 0 Å². The molecule has 3 rings (SSSR count). The van der Waals surface area contributed by atoms with Crippen LogP contribution in [0.25, 0.3) is 0 Å². The summed E-state index contributed by atoms with van der Waals surface area (Å²) in [6, 6.07) is 5.05. The minimum atomic E-state index is -3.38. The van der Waals surface area contributed by atoms with Crippen molar-refractivity contribution < 1.29 is 8.42 Å². The van der Waals surface area contributed by atoms with E-state index >= 15 is 0 Å². The molecule has 0 unspecified atom stereocenters. The Morgan fingerprint density at radius 2 is 1.95 bits per heavy atom. The Hall–Kier alpha value is -0.590. The first-order valence-corrected chi connectivity index (χ1v) is 8.78. The lowest BCUT2D eigenvalue weighted by Gasteiger charge is -2.22. The van der Waals surface area contributed by atoms with Gasteiger partial charge in [-0.15, -0.1) is 0 Å². The molecule has 0 radical (unpaired) electrons. The van der Waals surface area contributed by atoms with E-state index < -0.39 is 10.0 Å². The number of nitrogen functional groups attached to an aromatic ring is 1. The zero-order valence-electron chi connectivity index (χ0n) is 10.5. The molecular weight excluding hydrogens is 328 g/mol. The second-order valence-corrected chi connectivity index (χ2v) is 8.18. The molecule has 0 saturated heterocycles. The molecule has 2 N–H and O–H groups in total. The van der Waals surface area contributed by atoms with Crippen LogP contribution in [0, 0.1) is 5.92 Å². The normalized spacial score (nSPS) is 19.9. The Balaban J connectivity index is 1.92. The topological polar surface area (TPSA) is 63.4 Å². The molecule has 2 saturated carbocycles. The number of nitrogens with zero attached hydrogens (tertiary/aromatic N) is 1. The highest BCUT2D eigenvalue weighted by Gasteiger charge is 2.41. The summed E-state index contributed by atoms with van der Waals surface area (Å²) in [6.07, 6.45) is 4.29. The molecule has 2 fully saturated rings. The van der Waals surface area contributed by atoms with E-state index in [0.717, 1.165) is 25.7 Å². The SMILES string of the molecule is Nc1ccc(S(=O)(=O)N(CC2CC2)C2CC2)cc1Br. The van der Waals surface area contributed by atoms with Crippen molar-refractivity contribution >= 4 is 31.6 Å². The van der Waals surface area contributed by atoms with Crippen LogP contribution in [-0.4, -0.2) is 25.3 Å². The summed E-state index contributed by atoms with van der Waals surface area (Å²) in [5.41, 5.74) is 6.27. The van der Waals surface area contributed by atoms with E-state index in [2.05, 4.69) is 15.9 Å². The summed E-state index contributed by atoms with van der Waals surface area (Å²) in [5.74, 6) is 0.563. The monoisotopic (exact) mass is 344 g/mol. The van der Waals surface area contributed by atoms with Gasteiger partial charge in [-0.05, 0) is 65.7 Å². The first kappa shape index (κ1) is 13.4. The van der Waals surface area contributed by atoms with Gasteiger partial charge in [0.25, 0.3) is 0 Å². The molecule has 0 aromatic heterocycles. The Morgan fingerprint density at radius 1 is 1.26 bits per heavy atom. The van der Waals surface area contributed by atoms with Gasteiger partial charge in [-0.2, -0.15) is 4.31 Å². The Kier molecular flexibility index (Phi) is 3.35. The average Bonchev–Trinajstić information content (AvgIpc) is 3.23. The van der Waals surface area contributed by atoms with Crippen LogP contribution in [0.15, 0.2) is 27.6 Å². The average molecular weight is 345 g/mol. The highest BCUT2D eigenvalue weighted by atomic mass is 79.9. The third-order valence-electron chi connectivity index (χ3n) is 3.67. The van der Waals surface area contributed by atoms with Gasteiger partial charge < -0.3 is 5.73 Å². The summed E-state index contributed by atoms with van der Waals surface area (Å²) < 4.78 is 27.7. The molecule has 2 aliphatic rings. The van der Waals surface area contributed by atoms with Gasteiger partial charge in [0, 0.05) is 22.7 Å². The van der Waals surface area contributed by atoms with Crippen molar-refractivity contribution in [2.24, 2.45) is 5.92 Å². The molecule has 0 spiro atoms. The summed E-state index contributed by atoms with van der Waals surface area (Å²) in [5, 5.41) is 0. The molecule has 0 aliphatic heterocycles. The van der Waals surface area contributed by atoms with Crippen LogP contribution >= 0.6 is 15.9 Å². The number of hydrogen-bond acceptors (Lipinski definition) is 3. The van der Waals surface area contributed by atoms with Gasteiger partial charge in [0.1, 0.15) is 0 Å². The van der Waals surface area contributed by atoms with Crippen LogP contribution in [0.2, 0.25) is 0 Å². The molecular formula is C13H17BrN2O2S. The van der Waals surface area contributed by atoms with Crippen molar-refractivity contribution in [2.75, 3.05) is 12.3 Å². The Morgan fingerprint density at radius 3 is 2.47 bits per heavy atom. The van der Waals surface area contributed by atoms with E-state index in [4.69, 9.17) is 5.73 Å². The minimum Gasteiger partial charge on any atom is -0.398 e. The zero-order valence-corrected chi connectivity index (χ0v) is 13.0. The van der Waals surface area contributed by atoms with Crippen LogP contribution in [-0.2, 0) is 10.0 Å². The second kappa shape index (κ2) is 4.75. The zero-order chi connectivity index (χ0) is 13.6. The van der Waals surface area contributed by atoms with Gasteiger partial charge in [0.15, 0.2) is 0 Å². The lowest BCUT2D eigenvalue weighted by atomic mass is 10.3. The van der Waals surface area contributed by atoms with Crippen LogP contribution in [0.3, 0.4) is 0 Å². The summed E-state index contributed by atoms with van der Waals surface area (Å²) in [4.78, 5) is 0.334. The smallest absolute Gasteiger partial charge is 0.243 e. The van der Waals surface area contributed by atoms with Crippen molar-refractivity contribution in [1.82, 2.24) is 4.31 Å². The van der Waals surface area contributed by atoms with Crippen molar-refractivity contribution in [3.05, 3.63) is 22.7 Å². The van der Waals surface area contributed by atoms with Gasteiger partial charge in [-0.3, -0.25) is 0 Å². The van der Waals surface area contributed by atoms with Crippen LogP contribution in [0.1, 0.15) is 25.7 Å². The molecule has 0 atom stereocenters. The summed E-state index contributed by atoms with van der Waals surface area (Å²) >= 11 is 3.30. The maximum absolute atomic E-state index is 12.7. The van der Waals surface area contributed by atoms with Crippen molar-refractivity contribution in [3.8, 4) is 0 Å². The number of halogens is 1. The maximum Gasteiger partial charge on any atom is 0.243 e. The first-order chi connectivity index (χ1) is 8.98. The fourth-order valence-corrected chi connectivity index (χ4v) is 4.48. The number of hydrogen-bond donors (Lipinski definition) is 1. The van der Waals surface area contributed by atoms with Crippen molar-refractivity contribution in [3.63, 3.8) is 0 Å². The highest BCUT2D eigenvalue weighted by molar-refractivity contribution is 9.10. The molecule has 2 aliphatic carbocycles. The molecule has 0 amide bonds. The van der Waals surface area contributed by atoms with Gasteiger partial charge in [-0.25, -0.2) is 8.42 Å². The van der Waals surface area contributed by atoms with E-state index in [-0.39, 0.29) is 6.04 Å². The molecule has 1 aromatic carbocycles. The second-order valence-electron chi connectivity index (χ2n) is 5.43. The van der Waals surface area contributed by atoms with E-state index in [9.17, 15) is 8.42 Å². The van der Waals surface area contributed by atoms with Gasteiger partial charge in [-0.1, -0.05) is 0 Å². The molecule has 0 bridgehead atoms. The lowest BCUT2D eigenvalue weighted by molar-refractivity contribution is 0.389. The number of anilines is 1. The molecule has 6 heteroatoms. The summed E-state index contributed by atoms with van der Waals surface area (Å²) in [6.45, 7) is 0.676. The predicted octanol–water partition coefficient (Wildman–Crippen LogP) is 2.59. The Bertz CT molecular complexity index is 595. The number of rotatable bonds is 5. The third kappa shape index (κ3) is 2.80. The maximum atomic E-state index is 12.7. The minimum absolute atomic E-state index is 0.210. The van der Waals surface area contributed by atoms with Crippen molar-refractivity contribution in [2.45, 2.75) is 36.6 Å². The Labute approximate surface area is 122 Å². The lowest BCUT2D eigenvalue weighted by Crippen LogP contribution is -2.34. The van der Waals surface area contributed by atoms with E-state index in [1.165, 1.54) is 0 Å². The third-order valence-corrected chi connectivity index (χ3v) is 6.27. The molecule has 4 nitrogen and oxygen atoms in total. The predicted molar refractivity (Wildman–Crippen MR) is 78.2 cm³/mol. The molecule has 104 valence electrons. The fraction of sp³-hybridized carbons (Fsp3) is 0.538. The highest BCUT2D eigenvalue weighted by Crippen LogP contribution is 2.38. The number of benzene rings is 1. The van der Waals surface area contributed by atoms with E-state index in [1.54, 1.807) is 22.5 Å². The molecule has 1 aromatic rings. The van der Waals surface area contributed by atoms with Gasteiger partial charge in [0.2, 0.25) is 10.0 Å². The fourth-order valence-electron chi connectivity index (χ4n) is 2.16. The van der Waals surface area contributed by atoms with Crippen LogP contribution in [0.4, 0.5) is 5.69 Å². The quantitative estimate of drug-likeness (QED) is 0.835. The summed E-state index contributed by atoms with van der Waals surface area (Å²) in [7, 11) is -3.38. The molecule has 19 heavy (non-hydrogen) atoms. The van der Waals surface area contributed by atoms with E-state index in [1.807, 2.05) is 0 Å². The van der Waals surface area contributed by atoms with Gasteiger partial charge >= 0.3 is 0 Å². The standard InChI is InChI=1S/C13H17BrN2O2S/c14-12-7-11(5-6-13(12)15)19(17,18)16(10-3-4-10)8-9-1-2-9/h5-7,9-10H,1-4,8,15H2. The van der Waals surface area contributed by atoms with Crippen LogP contribution < -0.4 is 5.73 Å². The number of sulfonamides is 1. The number of nitrogens with two attached hydrogens (primary N) is 1. The molecule has 0 heterocycles. The first-order valence-electron chi connectivity index (χ1n) is 6.55. The van der Waals surface area contributed by atoms with Crippen LogP contribution in [0.5, 0.6) is 0 Å². The van der Waals surface area contributed by atoms with Gasteiger partial charge in [0.05, 0.1) is 4.90 Å².